The molecule has 130 valence electrons. The standard InChI is InChI=1S/C17H25BrN2OS.ClH/c1-11-9-16(12(2)8-15(11)18)22-10-17(21)20-6-4-14(5-7-20)13(3)19;/h8-9,13-14H,4-7,10,19H2,1-3H3;1H. The number of piperidine rings is 1. The van der Waals surface area contributed by atoms with E-state index in [4.69, 9.17) is 5.73 Å². The second-order valence-electron chi connectivity index (χ2n) is 6.23. The molecule has 1 amide bonds. The predicted molar refractivity (Wildman–Crippen MR) is 105 cm³/mol. The molecule has 2 N–H and O–H groups in total. The molecule has 0 radical (unpaired) electrons. The Hall–Kier alpha value is -0.230. The molecule has 1 aliphatic heterocycles. The molecule has 1 saturated heterocycles. The maximum atomic E-state index is 12.4. The average molecular weight is 422 g/mol. The van der Waals surface area contributed by atoms with Crippen LogP contribution in [0.3, 0.4) is 0 Å². The fourth-order valence-corrected chi connectivity index (χ4v) is 4.28. The van der Waals surface area contributed by atoms with E-state index < -0.39 is 0 Å². The van der Waals surface area contributed by atoms with Gasteiger partial charge in [-0.3, -0.25) is 4.79 Å². The Morgan fingerprint density at radius 1 is 1.35 bits per heavy atom. The zero-order chi connectivity index (χ0) is 16.3. The van der Waals surface area contributed by atoms with Crippen LogP contribution < -0.4 is 5.73 Å². The molecule has 0 aliphatic carbocycles. The van der Waals surface area contributed by atoms with Crippen LogP contribution >= 0.6 is 40.1 Å². The number of likely N-dealkylation sites (tertiary alicyclic amines) is 1. The molecule has 1 heterocycles. The molecule has 3 nitrogen and oxygen atoms in total. The van der Waals surface area contributed by atoms with Gasteiger partial charge in [0.1, 0.15) is 0 Å². The normalized spacial score (nSPS) is 16.8. The highest BCUT2D eigenvalue weighted by atomic mass is 79.9. The van der Waals surface area contributed by atoms with Gasteiger partial charge in [-0.25, -0.2) is 0 Å². The number of amides is 1. The van der Waals surface area contributed by atoms with Gasteiger partial charge in [-0.15, -0.1) is 24.2 Å². The van der Waals surface area contributed by atoms with Gasteiger partial charge < -0.3 is 10.6 Å². The number of nitrogens with zero attached hydrogens (tertiary/aromatic N) is 1. The second kappa shape index (κ2) is 9.30. The summed E-state index contributed by atoms with van der Waals surface area (Å²) in [6.07, 6.45) is 2.06. The molecule has 1 atom stereocenters. The van der Waals surface area contributed by atoms with Crippen molar-refractivity contribution in [1.29, 1.82) is 0 Å². The van der Waals surface area contributed by atoms with Crippen LogP contribution in [-0.4, -0.2) is 35.7 Å². The highest BCUT2D eigenvalue weighted by molar-refractivity contribution is 9.10. The molecule has 2 rings (SSSR count). The van der Waals surface area contributed by atoms with E-state index in [1.165, 1.54) is 16.0 Å². The van der Waals surface area contributed by atoms with E-state index in [1.54, 1.807) is 11.8 Å². The number of benzene rings is 1. The first-order valence-electron chi connectivity index (χ1n) is 7.81. The number of carbonyl (C=O) groups is 1. The van der Waals surface area contributed by atoms with Gasteiger partial charge in [0, 0.05) is 28.5 Å². The summed E-state index contributed by atoms with van der Waals surface area (Å²) in [5.74, 6) is 1.33. The molecule has 1 aromatic carbocycles. The minimum atomic E-state index is 0. The Bertz CT molecular complexity index is 546. The fraction of sp³-hybridized carbons (Fsp3) is 0.588. The van der Waals surface area contributed by atoms with Crippen LogP contribution in [0.5, 0.6) is 0 Å². The summed E-state index contributed by atoms with van der Waals surface area (Å²) in [5.41, 5.74) is 8.38. The van der Waals surface area contributed by atoms with E-state index in [1.807, 2.05) is 4.90 Å². The predicted octanol–water partition coefficient (Wildman–Crippen LogP) is 4.17. The monoisotopic (exact) mass is 420 g/mol. The third-order valence-corrected chi connectivity index (χ3v) is 6.44. The Morgan fingerprint density at radius 2 is 1.96 bits per heavy atom. The first-order chi connectivity index (χ1) is 10.4. The molecular formula is C17H26BrClN2OS. The second-order valence-corrected chi connectivity index (χ2v) is 8.10. The van der Waals surface area contributed by atoms with Crippen molar-refractivity contribution >= 4 is 46.0 Å². The third kappa shape index (κ3) is 5.66. The quantitative estimate of drug-likeness (QED) is 0.742. The molecule has 1 aromatic rings. The number of hydrogen-bond acceptors (Lipinski definition) is 3. The zero-order valence-corrected chi connectivity index (χ0v) is 17.2. The van der Waals surface area contributed by atoms with Crippen molar-refractivity contribution in [1.82, 2.24) is 4.90 Å². The molecular weight excluding hydrogens is 396 g/mol. The number of thioether (sulfide) groups is 1. The lowest BCUT2D eigenvalue weighted by molar-refractivity contribution is -0.129. The first kappa shape index (κ1) is 20.8. The van der Waals surface area contributed by atoms with Crippen LogP contribution in [0.4, 0.5) is 0 Å². The van der Waals surface area contributed by atoms with Crippen LogP contribution in [0.1, 0.15) is 30.9 Å². The molecule has 0 saturated carbocycles. The average Bonchev–Trinajstić information content (AvgIpc) is 2.49. The van der Waals surface area contributed by atoms with Gasteiger partial charge >= 0.3 is 0 Å². The van der Waals surface area contributed by atoms with Crippen LogP contribution in [0, 0.1) is 19.8 Å². The van der Waals surface area contributed by atoms with E-state index in [0.29, 0.717) is 11.7 Å². The molecule has 1 unspecified atom stereocenters. The van der Waals surface area contributed by atoms with Gasteiger partial charge in [-0.1, -0.05) is 15.9 Å². The van der Waals surface area contributed by atoms with Gasteiger partial charge in [0.05, 0.1) is 5.75 Å². The highest BCUT2D eigenvalue weighted by Crippen LogP contribution is 2.29. The number of halogens is 2. The van der Waals surface area contributed by atoms with Crippen LogP contribution in [0.15, 0.2) is 21.5 Å². The molecule has 23 heavy (non-hydrogen) atoms. The number of carbonyl (C=O) groups excluding carboxylic acids is 1. The molecule has 0 spiro atoms. The van der Waals surface area contributed by atoms with Crippen molar-refractivity contribution in [3.05, 3.63) is 27.7 Å². The Balaban J connectivity index is 0.00000264. The lowest BCUT2D eigenvalue weighted by Gasteiger charge is -2.33. The van der Waals surface area contributed by atoms with Crippen molar-refractivity contribution < 1.29 is 4.79 Å². The van der Waals surface area contributed by atoms with Crippen molar-refractivity contribution in [3.8, 4) is 0 Å². The summed E-state index contributed by atoms with van der Waals surface area (Å²) in [6.45, 7) is 7.93. The van der Waals surface area contributed by atoms with E-state index in [2.05, 4.69) is 48.8 Å². The van der Waals surface area contributed by atoms with Gasteiger partial charge in [-0.05, 0) is 62.8 Å². The minimum Gasteiger partial charge on any atom is -0.342 e. The SMILES string of the molecule is Cc1cc(SCC(=O)N2CCC(C(C)N)CC2)c(C)cc1Br.Cl. The van der Waals surface area contributed by atoms with Crippen LogP contribution in [0.25, 0.3) is 0 Å². The topological polar surface area (TPSA) is 46.3 Å². The lowest BCUT2D eigenvalue weighted by Crippen LogP contribution is -2.43. The summed E-state index contributed by atoms with van der Waals surface area (Å²) in [5, 5.41) is 0. The minimum absolute atomic E-state index is 0. The maximum absolute atomic E-state index is 12.4. The lowest BCUT2D eigenvalue weighted by atomic mass is 9.91. The van der Waals surface area contributed by atoms with E-state index in [9.17, 15) is 4.79 Å². The fourth-order valence-electron chi connectivity index (χ4n) is 2.82. The van der Waals surface area contributed by atoms with E-state index in [-0.39, 0.29) is 24.4 Å². The zero-order valence-electron chi connectivity index (χ0n) is 14.0. The molecule has 0 aromatic heterocycles. The smallest absolute Gasteiger partial charge is 0.232 e. The van der Waals surface area contributed by atoms with E-state index in [0.717, 1.165) is 30.4 Å². The molecule has 1 fully saturated rings. The van der Waals surface area contributed by atoms with E-state index >= 15 is 0 Å². The molecule has 0 bridgehead atoms. The molecule has 6 heteroatoms. The summed E-state index contributed by atoms with van der Waals surface area (Å²) in [7, 11) is 0. The van der Waals surface area contributed by atoms with Crippen LogP contribution in [0.2, 0.25) is 0 Å². The number of hydrogen-bond donors (Lipinski definition) is 1. The number of aryl methyl sites for hydroxylation is 2. The largest absolute Gasteiger partial charge is 0.342 e. The Kier molecular flexibility index (Phi) is 8.42. The summed E-state index contributed by atoms with van der Waals surface area (Å²) in [6, 6.07) is 4.51. The summed E-state index contributed by atoms with van der Waals surface area (Å²) in [4.78, 5) is 15.6. The number of rotatable bonds is 4. The van der Waals surface area contributed by atoms with Crippen molar-refractivity contribution in [2.24, 2.45) is 11.7 Å². The number of nitrogens with two attached hydrogens (primary N) is 1. The Morgan fingerprint density at radius 3 is 2.52 bits per heavy atom. The van der Waals surface area contributed by atoms with Gasteiger partial charge in [0.25, 0.3) is 0 Å². The van der Waals surface area contributed by atoms with Crippen molar-refractivity contribution in [2.75, 3.05) is 18.8 Å². The van der Waals surface area contributed by atoms with Crippen molar-refractivity contribution in [3.63, 3.8) is 0 Å². The van der Waals surface area contributed by atoms with Gasteiger partial charge in [-0.2, -0.15) is 0 Å². The summed E-state index contributed by atoms with van der Waals surface area (Å²) >= 11 is 5.19. The van der Waals surface area contributed by atoms with Gasteiger partial charge in [0.15, 0.2) is 0 Å². The third-order valence-electron chi connectivity index (χ3n) is 4.44. The van der Waals surface area contributed by atoms with Crippen molar-refractivity contribution in [2.45, 2.75) is 44.6 Å². The van der Waals surface area contributed by atoms with Gasteiger partial charge in [0.2, 0.25) is 5.91 Å². The molecule has 1 aliphatic rings. The maximum Gasteiger partial charge on any atom is 0.232 e. The highest BCUT2D eigenvalue weighted by Gasteiger charge is 2.24. The Labute approximate surface area is 158 Å². The van der Waals surface area contributed by atoms with Crippen LogP contribution in [-0.2, 0) is 4.79 Å². The first-order valence-corrected chi connectivity index (χ1v) is 9.59. The summed E-state index contributed by atoms with van der Waals surface area (Å²) < 4.78 is 1.12.